The van der Waals surface area contributed by atoms with E-state index in [1.54, 1.807) is 26.0 Å². The fourth-order valence-electron chi connectivity index (χ4n) is 9.54. The molecule has 0 unspecified atom stereocenters. The molecule has 2 aliphatic heterocycles. The molecule has 0 amide bonds. The molecular formula is C34H42O9. The molecule has 9 nitrogen and oxygen atoms in total. The van der Waals surface area contributed by atoms with Crippen molar-refractivity contribution in [3.05, 3.63) is 47.1 Å². The lowest BCUT2D eigenvalue weighted by molar-refractivity contribution is -0.225. The molecule has 1 spiro atoms. The van der Waals surface area contributed by atoms with Gasteiger partial charge in [-0.1, -0.05) is 31.1 Å². The summed E-state index contributed by atoms with van der Waals surface area (Å²) in [6, 6.07) is 0. The normalized spacial score (nSPS) is 45.3. The van der Waals surface area contributed by atoms with Crippen molar-refractivity contribution >= 4 is 23.7 Å². The maximum absolute atomic E-state index is 13.8. The fourth-order valence-corrected chi connectivity index (χ4v) is 9.54. The van der Waals surface area contributed by atoms with Crippen molar-refractivity contribution in [1.82, 2.24) is 0 Å². The predicted octanol–water partition coefficient (Wildman–Crippen LogP) is 4.08. The smallest absolute Gasteiger partial charge is 0.333 e. The Bertz CT molecular complexity index is 1420. The van der Waals surface area contributed by atoms with Crippen LogP contribution in [0, 0.1) is 28.6 Å². The van der Waals surface area contributed by atoms with E-state index in [1.807, 2.05) is 33.8 Å². The number of rotatable bonds is 5. The molecule has 0 bridgehead atoms. The van der Waals surface area contributed by atoms with Gasteiger partial charge in [0.2, 0.25) is 0 Å². The van der Waals surface area contributed by atoms with Crippen LogP contribution in [-0.4, -0.2) is 64.4 Å². The molecular weight excluding hydrogens is 552 g/mol. The Kier molecular flexibility index (Phi) is 6.79. The number of hydrogen-bond acceptors (Lipinski definition) is 9. The first-order valence-corrected chi connectivity index (χ1v) is 15.4. The van der Waals surface area contributed by atoms with E-state index in [-0.39, 0.29) is 23.6 Å². The SMILES string of the molecule is C/C=C/C(=O)O[C@H]1C=CC(=O)[C@]2(C)[C@H]3CC[C@]4(C)C([C@H](C)[C@H]5CC(C)=C(C)C(=O)O5)=C[C@H](OC(C)=O)[C@@]4(O)[C@@H]3C[C@H]3O[C@]132. The Labute approximate surface area is 252 Å². The number of hydrogen-bond donors (Lipinski definition) is 1. The highest BCUT2D eigenvalue weighted by Crippen LogP contribution is 2.74. The topological polar surface area (TPSA) is 129 Å². The lowest BCUT2D eigenvalue weighted by Gasteiger charge is -2.61. The van der Waals surface area contributed by atoms with Crippen molar-refractivity contribution in [2.75, 3.05) is 0 Å². The Morgan fingerprint density at radius 3 is 2.51 bits per heavy atom. The van der Waals surface area contributed by atoms with Gasteiger partial charge in [-0.3, -0.25) is 9.59 Å². The molecule has 232 valence electrons. The largest absolute Gasteiger partial charge is 0.458 e. The second-order valence-corrected chi connectivity index (χ2v) is 13.8. The van der Waals surface area contributed by atoms with Crippen LogP contribution in [0.1, 0.15) is 74.1 Å². The van der Waals surface area contributed by atoms with Crippen LogP contribution >= 0.6 is 0 Å². The molecule has 1 N–H and O–H groups in total. The van der Waals surface area contributed by atoms with Crippen molar-refractivity contribution in [3.63, 3.8) is 0 Å². The zero-order valence-electron chi connectivity index (χ0n) is 26.0. The van der Waals surface area contributed by atoms with Crippen LogP contribution in [0.4, 0.5) is 0 Å². The zero-order valence-corrected chi connectivity index (χ0v) is 26.0. The molecule has 43 heavy (non-hydrogen) atoms. The van der Waals surface area contributed by atoms with Crippen molar-refractivity contribution in [2.45, 2.75) is 110 Å². The van der Waals surface area contributed by atoms with E-state index in [1.165, 1.54) is 19.1 Å². The van der Waals surface area contributed by atoms with E-state index in [0.717, 1.165) is 11.1 Å². The summed E-state index contributed by atoms with van der Waals surface area (Å²) in [4.78, 5) is 51.4. The summed E-state index contributed by atoms with van der Waals surface area (Å²) in [6.45, 7) is 12.6. The number of carbonyl (C=O) groups is 4. The van der Waals surface area contributed by atoms with Gasteiger partial charge in [0.25, 0.3) is 0 Å². The van der Waals surface area contributed by atoms with E-state index < -0.39 is 64.3 Å². The Morgan fingerprint density at radius 2 is 1.86 bits per heavy atom. The number of carbonyl (C=O) groups excluding carboxylic acids is 4. The van der Waals surface area contributed by atoms with Crippen LogP contribution < -0.4 is 0 Å². The number of fused-ring (bicyclic) bond motifs is 4. The summed E-state index contributed by atoms with van der Waals surface area (Å²) in [6.07, 6.45) is 7.49. The van der Waals surface area contributed by atoms with Crippen molar-refractivity contribution in [1.29, 1.82) is 0 Å². The molecule has 0 aromatic carbocycles. The molecule has 6 rings (SSSR count). The van der Waals surface area contributed by atoms with Crippen LogP contribution in [0.5, 0.6) is 0 Å². The van der Waals surface area contributed by atoms with Crippen LogP contribution in [0.25, 0.3) is 0 Å². The summed E-state index contributed by atoms with van der Waals surface area (Å²) in [7, 11) is 0. The molecule has 0 aromatic rings. The van der Waals surface area contributed by atoms with Gasteiger partial charge in [-0.2, -0.15) is 0 Å². The summed E-state index contributed by atoms with van der Waals surface area (Å²) < 4.78 is 23.9. The Balaban J connectivity index is 1.39. The van der Waals surface area contributed by atoms with Gasteiger partial charge in [-0.05, 0) is 77.0 Å². The first-order chi connectivity index (χ1) is 20.2. The Morgan fingerprint density at radius 1 is 1.14 bits per heavy atom. The Hall–Kier alpha value is -3.04. The second kappa shape index (κ2) is 9.73. The minimum Gasteiger partial charge on any atom is -0.458 e. The lowest BCUT2D eigenvalue weighted by atomic mass is 9.42. The fraction of sp³-hybridized carbons (Fsp3) is 0.647. The molecule has 11 atom stereocenters. The molecule has 2 heterocycles. The second-order valence-electron chi connectivity index (χ2n) is 13.8. The number of allylic oxidation sites excluding steroid dienone is 2. The molecule has 0 radical (unpaired) electrons. The number of esters is 3. The third kappa shape index (κ3) is 3.82. The molecule has 3 fully saturated rings. The molecule has 2 saturated carbocycles. The summed E-state index contributed by atoms with van der Waals surface area (Å²) in [5, 5.41) is 13.0. The minimum atomic E-state index is -1.54. The highest BCUT2D eigenvalue weighted by Gasteiger charge is 2.83. The van der Waals surface area contributed by atoms with Gasteiger partial charge < -0.3 is 24.1 Å². The number of aliphatic hydroxyl groups is 1. The van der Waals surface area contributed by atoms with Gasteiger partial charge in [0.15, 0.2) is 11.9 Å². The average Bonchev–Trinajstić information content (AvgIpc) is 3.63. The van der Waals surface area contributed by atoms with Crippen LogP contribution in [0.3, 0.4) is 0 Å². The average molecular weight is 595 g/mol. The molecule has 4 aliphatic carbocycles. The number of epoxide rings is 1. The quantitative estimate of drug-likeness (QED) is 0.165. The lowest BCUT2D eigenvalue weighted by Crippen LogP contribution is -2.70. The van der Waals surface area contributed by atoms with Crippen LogP contribution in [0.15, 0.2) is 47.1 Å². The van der Waals surface area contributed by atoms with E-state index >= 15 is 0 Å². The molecule has 6 aliphatic rings. The highest BCUT2D eigenvalue weighted by molar-refractivity contribution is 5.98. The van der Waals surface area contributed by atoms with Gasteiger partial charge in [0.05, 0.1) is 11.5 Å². The van der Waals surface area contributed by atoms with Gasteiger partial charge in [-0.25, -0.2) is 9.59 Å². The molecule has 1 saturated heterocycles. The third-order valence-electron chi connectivity index (χ3n) is 12.0. The van der Waals surface area contributed by atoms with Gasteiger partial charge in [0.1, 0.15) is 23.4 Å². The highest BCUT2D eigenvalue weighted by atomic mass is 16.7. The summed E-state index contributed by atoms with van der Waals surface area (Å²) in [5.41, 5.74) is -1.95. The van der Waals surface area contributed by atoms with E-state index in [9.17, 15) is 24.3 Å². The summed E-state index contributed by atoms with van der Waals surface area (Å²) in [5.74, 6) is -2.51. The van der Waals surface area contributed by atoms with E-state index in [2.05, 4.69) is 0 Å². The maximum atomic E-state index is 13.8. The van der Waals surface area contributed by atoms with Gasteiger partial charge in [0, 0.05) is 36.3 Å². The van der Waals surface area contributed by atoms with E-state index in [4.69, 9.17) is 18.9 Å². The van der Waals surface area contributed by atoms with Gasteiger partial charge >= 0.3 is 17.9 Å². The summed E-state index contributed by atoms with van der Waals surface area (Å²) >= 11 is 0. The van der Waals surface area contributed by atoms with Crippen molar-refractivity contribution < 1.29 is 43.2 Å². The zero-order chi connectivity index (χ0) is 31.3. The van der Waals surface area contributed by atoms with Gasteiger partial charge in [-0.15, -0.1) is 0 Å². The monoisotopic (exact) mass is 594 g/mol. The number of ketones is 1. The molecule has 0 aromatic heterocycles. The third-order valence-corrected chi connectivity index (χ3v) is 12.0. The standard InChI is InChI=1S/C34H42O9/c1-8-9-29(37)42-26-11-10-25(36)32(7)21-12-13-31(6)22(19(4)24-14-17(2)18(3)30(38)41-24)15-27(40-20(5)35)33(31,39)23(21)16-28-34(26,32)43-28/h8-11,15,19,21,23-24,26-28,39H,12-14,16H2,1-7H3/b9-8+/t19-,21-,23+,24+,26-,27-,28+,31+,32-,33-,34+/m0/s1. The van der Waals surface area contributed by atoms with E-state index in [0.29, 0.717) is 31.3 Å². The minimum absolute atomic E-state index is 0.120. The van der Waals surface area contributed by atoms with Crippen molar-refractivity contribution in [3.8, 4) is 0 Å². The van der Waals surface area contributed by atoms with Crippen molar-refractivity contribution in [2.24, 2.45) is 28.6 Å². The van der Waals surface area contributed by atoms with Crippen LogP contribution in [0.2, 0.25) is 0 Å². The first-order valence-electron chi connectivity index (χ1n) is 15.4. The number of ether oxygens (including phenoxy) is 4. The molecule has 9 heteroatoms. The first kappa shape index (κ1) is 30.0. The maximum Gasteiger partial charge on any atom is 0.333 e. The predicted molar refractivity (Wildman–Crippen MR) is 154 cm³/mol. The van der Waals surface area contributed by atoms with Crippen LogP contribution in [-0.2, 0) is 38.1 Å². The number of cyclic esters (lactones) is 1.